The number of aromatic amines is 1. The van der Waals surface area contributed by atoms with Crippen molar-refractivity contribution in [3.63, 3.8) is 0 Å². The van der Waals surface area contributed by atoms with Crippen molar-refractivity contribution in [1.82, 2.24) is 15.3 Å². The van der Waals surface area contributed by atoms with Gasteiger partial charge >= 0.3 is 0 Å². The van der Waals surface area contributed by atoms with Crippen molar-refractivity contribution in [2.75, 3.05) is 12.4 Å². The van der Waals surface area contributed by atoms with Gasteiger partial charge in [-0.15, -0.1) is 12.6 Å². The van der Waals surface area contributed by atoms with Gasteiger partial charge in [-0.25, -0.2) is 4.39 Å². The van der Waals surface area contributed by atoms with Crippen LogP contribution >= 0.6 is 12.6 Å². The van der Waals surface area contributed by atoms with Gasteiger partial charge < -0.3 is 15.6 Å². The second-order valence-electron chi connectivity index (χ2n) is 6.40. The zero-order valence-electron chi connectivity index (χ0n) is 15.8. The zero-order valence-corrected chi connectivity index (χ0v) is 16.7. The fraction of sp³-hybridized carbons (Fsp3) is 0.136. The fourth-order valence-corrected chi connectivity index (χ4v) is 3.03. The standard InChI is InChI=1S/C17H18FN3.C5H5NS/c1-11-7-13(18)3-6-16(11)21-14-4-5-15-12(9-19-2)10-20-17(15)8-14;7-5-2-1-3-6-4-5/h3-8,10,19-21H,9H2,1-2H3;1-4,7H. The Hall–Kier alpha value is -2.83. The number of fused-ring (bicyclic) bond motifs is 1. The van der Waals surface area contributed by atoms with Gasteiger partial charge in [-0.2, -0.15) is 0 Å². The molecular weight excluding hydrogens is 371 g/mol. The van der Waals surface area contributed by atoms with E-state index in [0.717, 1.165) is 33.9 Å². The summed E-state index contributed by atoms with van der Waals surface area (Å²) in [6, 6.07) is 14.7. The van der Waals surface area contributed by atoms with Crippen molar-refractivity contribution < 1.29 is 4.39 Å². The molecule has 0 amide bonds. The van der Waals surface area contributed by atoms with Gasteiger partial charge in [0.2, 0.25) is 0 Å². The van der Waals surface area contributed by atoms with Crippen LogP contribution in [0.1, 0.15) is 11.1 Å². The minimum absolute atomic E-state index is 0.213. The largest absolute Gasteiger partial charge is 0.361 e. The molecule has 4 aromatic rings. The first-order valence-electron chi connectivity index (χ1n) is 8.93. The van der Waals surface area contributed by atoms with E-state index in [1.165, 1.54) is 23.1 Å². The Kier molecular flexibility index (Phi) is 6.68. The minimum Gasteiger partial charge on any atom is -0.361 e. The van der Waals surface area contributed by atoms with E-state index in [1.54, 1.807) is 18.5 Å². The number of benzene rings is 2. The molecule has 0 bridgehead atoms. The number of rotatable bonds is 4. The van der Waals surface area contributed by atoms with Crippen molar-refractivity contribution in [3.8, 4) is 0 Å². The number of aryl methyl sites for hydroxylation is 1. The van der Waals surface area contributed by atoms with E-state index in [1.807, 2.05) is 38.4 Å². The predicted octanol–water partition coefficient (Wildman–Crippen LogP) is 5.45. The summed E-state index contributed by atoms with van der Waals surface area (Å²) < 4.78 is 13.1. The molecule has 2 aromatic carbocycles. The summed E-state index contributed by atoms with van der Waals surface area (Å²) in [5.74, 6) is -0.213. The highest BCUT2D eigenvalue weighted by molar-refractivity contribution is 7.80. The molecule has 2 aromatic heterocycles. The highest BCUT2D eigenvalue weighted by atomic mass is 32.1. The van der Waals surface area contributed by atoms with E-state index in [4.69, 9.17) is 0 Å². The molecule has 0 aliphatic rings. The van der Waals surface area contributed by atoms with Crippen molar-refractivity contribution >= 4 is 34.9 Å². The van der Waals surface area contributed by atoms with Gasteiger partial charge in [0.15, 0.2) is 0 Å². The van der Waals surface area contributed by atoms with Crippen LogP contribution in [0, 0.1) is 12.7 Å². The van der Waals surface area contributed by atoms with Crippen molar-refractivity contribution in [2.45, 2.75) is 18.4 Å². The molecule has 0 atom stereocenters. The number of hydrogen-bond acceptors (Lipinski definition) is 4. The van der Waals surface area contributed by atoms with Crippen molar-refractivity contribution in [1.29, 1.82) is 0 Å². The Morgan fingerprint density at radius 1 is 1.14 bits per heavy atom. The maximum Gasteiger partial charge on any atom is 0.123 e. The van der Waals surface area contributed by atoms with Gasteiger partial charge in [-0.3, -0.25) is 4.98 Å². The predicted molar refractivity (Wildman–Crippen MR) is 117 cm³/mol. The molecule has 0 aliphatic carbocycles. The van der Waals surface area contributed by atoms with Crippen LogP contribution in [0.5, 0.6) is 0 Å². The van der Waals surface area contributed by atoms with E-state index >= 15 is 0 Å². The van der Waals surface area contributed by atoms with Crippen LogP contribution in [-0.4, -0.2) is 17.0 Å². The van der Waals surface area contributed by atoms with Gasteiger partial charge in [0.05, 0.1) is 0 Å². The van der Waals surface area contributed by atoms with E-state index in [2.05, 4.69) is 45.4 Å². The summed E-state index contributed by atoms with van der Waals surface area (Å²) in [7, 11) is 1.94. The summed E-state index contributed by atoms with van der Waals surface area (Å²) in [5.41, 5.74) is 5.12. The van der Waals surface area contributed by atoms with E-state index in [-0.39, 0.29) is 5.82 Å². The topological polar surface area (TPSA) is 52.7 Å². The zero-order chi connectivity index (χ0) is 19.9. The summed E-state index contributed by atoms with van der Waals surface area (Å²) in [6.45, 7) is 2.73. The molecule has 0 fully saturated rings. The number of pyridine rings is 1. The van der Waals surface area contributed by atoms with Crippen LogP contribution in [0.15, 0.2) is 72.0 Å². The molecule has 6 heteroatoms. The van der Waals surface area contributed by atoms with E-state index in [9.17, 15) is 4.39 Å². The maximum atomic E-state index is 13.1. The third-order valence-corrected chi connectivity index (χ3v) is 4.51. The smallest absolute Gasteiger partial charge is 0.123 e. The van der Waals surface area contributed by atoms with Crippen molar-refractivity contribution in [3.05, 3.63) is 84.1 Å². The van der Waals surface area contributed by atoms with Crippen LogP contribution in [0.2, 0.25) is 0 Å². The third-order valence-electron chi connectivity index (χ3n) is 4.25. The Bertz CT molecular complexity index is 1050. The SMILES string of the molecule is CNCc1c[nH]c2cc(Nc3ccc(F)cc3C)ccc12.Sc1cccnc1. The lowest BCUT2D eigenvalue weighted by Crippen LogP contribution is -2.03. The molecule has 144 valence electrons. The highest BCUT2D eigenvalue weighted by Gasteiger charge is 2.05. The van der Waals surface area contributed by atoms with Crippen LogP contribution in [-0.2, 0) is 6.54 Å². The Balaban J connectivity index is 0.000000271. The Labute approximate surface area is 169 Å². The number of hydrogen-bond donors (Lipinski definition) is 4. The van der Waals surface area contributed by atoms with Gasteiger partial charge in [-0.05, 0) is 67.6 Å². The van der Waals surface area contributed by atoms with Gasteiger partial charge in [0.25, 0.3) is 0 Å². The maximum absolute atomic E-state index is 13.1. The molecule has 0 spiro atoms. The fourth-order valence-electron chi connectivity index (χ4n) is 2.88. The van der Waals surface area contributed by atoms with Crippen molar-refractivity contribution in [2.24, 2.45) is 0 Å². The molecule has 0 aliphatic heterocycles. The van der Waals surface area contributed by atoms with Gasteiger partial charge in [0.1, 0.15) is 5.82 Å². The van der Waals surface area contributed by atoms with Crippen LogP contribution in [0.4, 0.5) is 15.8 Å². The van der Waals surface area contributed by atoms with E-state index < -0.39 is 0 Å². The normalized spacial score (nSPS) is 10.4. The van der Waals surface area contributed by atoms with Crippen LogP contribution in [0.25, 0.3) is 10.9 Å². The van der Waals surface area contributed by atoms with E-state index in [0.29, 0.717) is 0 Å². The number of thiol groups is 1. The third kappa shape index (κ3) is 5.12. The Morgan fingerprint density at radius 2 is 2.00 bits per heavy atom. The molecule has 3 N–H and O–H groups in total. The molecule has 28 heavy (non-hydrogen) atoms. The Morgan fingerprint density at radius 3 is 2.64 bits per heavy atom. The average Bonchev–Trinajstić information content (AvgIpc) is 3.08. The lowest BCUT2D eigenvalue weighted by Gasteiger charge is -2.10. The molecule has 0 unspecified atom stereocenters. The summed E-state index contributed by atoms with van der Waals surface area (Å²) >= 11 is 4.02. The summed E-state index contributed by atoms with van der Waals surface area (Å²) in [6.07, 6.45) is 5.44. The molecule has 4 nitrogen and oxygen atoms in total. The molecular formula is C22H23FN4S. The first-order chi connectivity index (χ1) is 13.6. The number of H-pyrrole nitrogens is 1. The summed E-state index contributed by atoms with van der Waals surface area (Å²) in [4.78, 5) is 8.00. The second-order valence-corrected chi connectivity index (χ2v) is 6.92. The number of nitrogens with zero attached hydrogens (tertiary/aromatic N) is 1. The molecule has 0 saturated heterocycles. The molecule has 2 heterocycles. The van der Waals surface area contributed by atoms with Crippen LogP contribution in [0.3, 0.4) is 0 Å². The van der Waals surface area contributed by atoms with Crippen LogP contribution < -0.4 is 10.6 Å². The lowest BCUT2D eigenvalue weighted by atomic mass is 10.1. The lowest BCUT2D eigenvalue weighted by molar-refractivity contribution is 0.627. The number of halogens is 1. The van der Waals surface area contributed by atoms with Gasteiger partial charge in [0, 0.05) is 52.3 Å². The molecule has 4 rings (SSSR count). The van der Waals surface area contributed by atoms with Gasteiger partial charge in [-0.1, -0.05) is 6.07 Å². The first kappa shape index (κ1) is 19.9. The first-order valence-corrected chi connectivity index (χ1v) is 9.38. The number of nitrogens with one attached hydrogen (secondary N) is 3. The molecule has 0 radical (unpaired) electrons. The molecule has 0 saturated carbocycles. The highest BCUT2D eigenvalue weighted by Crippen LogP contribution is 2.26. The quantitative estimate of drug-likeness (QED) is 0.348. The number of aromatic nitrogens is 2. The minimum atomic E-state index is -0.213. The second kappa shape index (κ2) is 9.39. The monoisotopic (exact) mass is 394 g/mol. The summed E-state index contributed by atoms with van der Waals surface area (Å²) in [5, 5.41) is 7.70. The number of anilines is 2. The average molecular weight is 395 g/mol.